The van der Waals surface area contributed by atoms with Crippen LogP contribution in [0.2, 0.25) is 0 Å². The monoisotopic (exact) mass is 340 g/mol. The molecule has 0 unspecified atom stereocenters. The zero-order valence-electron chi connectivity index (χ0n) is 13.7. The average molecular weight is 340 g/mol. The Bertz CT molecular complexity index is 796. The number of carbonyl (C=O) groups excluding carboxylic acids is 1. The van der Waals surface area contributed by atoms with Crippen LogP contribution in [0.1, 0.15) is 23.5 Å². The first-order valence-electron chi connectivity index (χ1n) is 7.82. The molecule has 2 N–H and O–H groups in total. The number of anilines is 1. The van der Waals surface area contributed by atoms with Gasteiger partial charge in [-0.3, -0.25) is 4.79 Å². The van der Waals surface area contributed by atoms with Crippen LogP contribution in [0.4, 0.5) is 5.82 Å². The molecule has 6 heteroatoms. The van der Waals surface area contributed by atoms with Crippen molar-refractivity contribution in [1.29, 1.82) is 0 Å². The summed E-state index contributed by atoms with van der Waals surface area (Å²) in [5.41, 5.74) is 1.77. The summed E-state index contributed by atoms with van der Waals surface area (Å²) in [5.74, 6) is 0.588. The average Bonchev–Trinajstić information content (AvgIpc) is 3.23. The molecule has 2 heterocycles. The lowest BCUT2D eigenvalue weighted by Crippen LogP contribution is -2.30. The number of aryl methyl sites for hydroxylation is 1. The Morgan fingerprint density at radius 3 is 2.75 bits per heavy atom. The van der Waals surface area contributed by atoms with Gasteiger partial charge in [0.25, 0.3) is 0 Å². The zero-order valence-corrected chi connectivity index (χ0v) is 14.5. The third kappa shape index (κ3) is 3.90. The molecule has 5 nitrogen and oxygen atoms in total. The molecule has 0 radical (unpaired) electrons. The maximum atomic E-state index is 12.3. The van der Waals surface area contributed by atoms with Crippen molar-refractivity contribution in [2.45, 2.75) is 19.9 Å². The molecular weight excluding hydrogens is 320 g/mol. The molecule has 1 amide bonds. The number of thiophene rings is 1. The minimum Gasteiger partial charge on any atom is -0.309 e. The standard InChI is InChI=1S/C18H20N4OS/c1-13-11-17(22(21-13)15-7-4-3-5-8-15)20-18(23)12-19-14(2)16-9-6-10-24-16/h3-11,14,19H,12H2,1-2H3,(H,20,23)/t14-/m1/s1. The Kier molecular flexibility index (Phi) is 5.08. The quantitative estimate of drug-likeness (QED) is 0.722. The van der Waals surface area contributed by atoms with Crippen LogP contribution < -0.4 is 10.6 Å². The van der Waals surface area contributed by atoms with Crippen molar-refractivity contribution in [3.63, 3.8) is 0 Å². The summed E-state index contributed by atoms with van der Waals surface area (Å²) >= 11 is 1.68. The fourth-order valence-electron chi connectivity index (χ4n) is 2.43. The van der Waals surface area contributed by atoms with E-state index in [9.17, 15) is 4.79 Å². The van der Waals surface area contributed by atoms with Crippen LogP contribution in [0.5, 0.6) is 0 Å². The predicted molar refractivity (Wildman–Crippen MR) is 97.7 cm³/mol. The van der Waals surface area contributed by atoms with Crippen LogP contribution in [0.3, 0.4) is 0 Å². The lowest BCUT2D eigenvalue weighted by atomic mass is 10.3. The van der Waals surface area contributed by atoms with Crippen LogP contribution >= 0.6 is 11.3 Å². The van der Waals surface area contributed by atoms with Gasteiger partial charge in [0, 0.05) is 17.0 Å². The van der Waals surface area contributed by atoms with Gasteiger partial charge in [-0.15, -0.1) is 11.3 Å². The van der Waals surface area contributed by atoms with E-state index in [0.29, 0.717) is 5.82 Å². The lowest BCUT2D eigenvalue weighted by molar-refractivity contribution is -0.115. The van der Waals surface area contributed by atoms with Crippen molar-refractivity contribution in [3.8, 4) is 5.69 Å². The van der Waals surface area contributed by atoms with Crippen molar-refractivity contribution in [2.24, 2.45) is 0 Å². The second-order valence-corrected chi connectivity index (χ2v) is 6.56. The summed E-state index contributed by atoms with van der Waals surface area (Å²) < 4.78 is 1.75. The van der Waals surface area contributed by atoms with Crippen LogP contribution in [0, 0.1) is 6.92 Å². The molecule has 2 aromatic heterocycles. The minimum atomic E-state index is -0.0875. The Hall–Kier alpha value is -2.44. The molecule has 0 aliphatic carbocycles. The lowest BCUT2D eigenvalue weighted by Gasteiger charge is -2.13. The van der Waals surface area contributed by atoms with Gasteiger partial charge in [-0.25, -0.2) is 4.68 Å². The normalized spacial score (nSPS) is 12.1. The minimum absolute atomic E-state index is 0.0875. The van der Waals surface area contributed by atoms with Gasteiger partial charge in [0.15, 0.2) is 0 Å². The number of hydrogen-bond acceptors (Lipinski definition) is 4. The van der Waals surface area contributed by atoms with Crippen molar-refractivity contribution >= 4 is 23.1 Å². The van der Waals surface area contributed by atoms with Crippen molar-refractivity contribution in [3.05, 3.63) is 64.5 Å². The molecule has 0 aliphatic rings. The third-order valence-electron chi connectivity index (χ3n) is 3.64. The highest BCUT2D eigenvalue weighted by molar-refractivity contribution is 7.10. The summed E-state index contributed by atoms with van der Waals surface area (Å²) in [6.07, 6.45) is 0. The molecule has 24 heavy (non-hydrogen) atoms. The van der Waals surface area contributed by atoms with E-state index in [4.69, 9.17) is 0 Å². The maximum Gasteiger partial charge on any atom is 0.239 e. The second kappa shape index (κ2) is 7.42. The van der Waals surface area contributed by atoms with Crippen molar-refractivity contribution in [1.82, 2.24) is 15.1 Å². The van der Waals surface area contributed by atoms with E-state index in [1.165, 1.54) is 4.88 Å². The highest BCUT2D eigenvalue weighted by Gasteiger charge is 2.12. The Morgan fingerprint density at radius 2 is 2.04 bits per heavy atom. The summed E-state index contributed by atoms with van der Waals surface area (Å²) in [6.45, 7) is 4.21. The SMILES string of the molecule is Cc1cc(NC(=O)CN[C@H](C)c2cccs2)n(-c2ccccc2)n1. The molecule has 0 fully saturated rings. The third-order valence-corrected chi connectivity index (χ3v) is 4.69. The second-order valence-electron chi connectivity index (χ2n) is 5.58. The number of carbonyl (C=O) groups is 1. The van der Waals surface area contributed by atoms with Gasteiger partial charge in [-0.1, -0.05) is 24.3 Å². The number of amides is 1. The van der Waals surface area contributed by atoms with E-state index in [-0.39, 0.29) is 18.5 Å². The highest BCUT2D eigenvalue weighted by atomic mass is 32.1. The zero-order chi connectivity index (χ0) is 16.9. The van der Waals surface area contributed by atoms with Gasteiger partial charge in [0.05, 0.1) is 17.9 Å². The summed E-state index contributed by atoms with van der Waals surface area (Å²) in [6, 6.07) is 15.9. The van der Waals surface area contributed by atoms with E-state index in [2.05, 4.69) is 28.7 Å². The number of benzene rings is 1. The molecule has 0 saturated carbocycles. The Labute approximate surface area is 145 Å². The smallest absolute Gasteiger partial charge is 0.239 e. The number of nitrogens with one attached hydrogen (secondary N) is 2. The first-order valence-corrected chi connectivity index (χ1v) is 8.70. The number of hydrogen-bond donors (Lipinski definition) is 2. The van der Waals surface area contributed by atoms with E-state index in [0.717, 1.165) is 11.4 Å². The molecule has 0 spiro atoms. The van der Waals surface area contributed by atoms with Crippen LogP contribution in [-0.4, -0.2) is 22.2 Å². The van der Waals surface area contributed by atoms with Crippen LogP contribution in [0.15, 0.2) is 53.9 Å². The molecule has 1 aromatic carbocycles. The molecule has 0 aliphatic heterocycles. The fraction of sp³-hybridized carbons (Fsp3) is 0.222. The number of para-hydroxylation sites is 1. The highest BCUT2D eigenvalue weighted by Crippen LogP contribution is 2.18. The maximum absolute atomic E-state index is 12.3. The van der Waals surface area contributed by atoms with Crippen LogP contribution in [0.25, 0.3) is 5.69 Å². The predicted octanol–water partition coefficient (Wildman–Crippen LogP) is 3.53. The number of rotatable bonds is 6. The number of nitrogens with zero attached hydrogens (tertiary/aromatic N) is 2. The van der Waals surface area contributed by atoms with Crippen LogP contribution in [-0.2, 0) is 4.79 Å². The fourth-order valence-corrected chi connectivity index (χ4v) is 3.18. The van der Waals surface area contributed by atoms with Gasteiger partial charge in [-0.2, -0.15) is 5.10 Å². The molecule has 3 aromatic rings. The molecule has 124 valence electrons. The van der Waals surface area contributed by atoms with Gasteiger partial charge < -0.3 is 10.6 Å². The largest absolute Gasteiger partial charge is 0.309 e. The van der Waals surface area contributed by atoms with E-state index in [1.54, 1.807) is 16.0 Å². The molecule has 0 saturated heterocycles. The molecular formula is C18H20N4OS. The van der Waals surface area contributed by atoms with E-state index in [1.807, 2.05) is 54.8 Å². The summed E-state index contributed by atoms with van der Waals surface area (Å²) in [4.78, 5) is 13.5. The first kappa shape index (κ1) is 16.4. The van der Waals surface area contributed by atoms with Gasteiger partial charge >= 0.3 is 0 Å². The topological polar surface area (TPSA) is 59.0 Å². The van der Waals surface area contributed by atoms with Crippen molar-refractivity contribution in [2.75, 3.05) is 11.9 Å². The Morgan fingerprint density at radius 1 is 1.25 bits per heavy atom. The Balaban J connectivity index is 1.65. The van der Waals surface area contributed by atoms with Gasteiger partial charge in [0.1, 0.15) is 5.82 Å². The molecule has 1 atom stereocenters. The summed E-state index contributed by atoms with van der Waals surface area (Å²) in [7, 11) is 0. The summed E-state index contributed by atoms with van der Waals surface area (Å²) in [5, 5.41) is 12.7. The number of aromatic nitrogens is 2. The van der Waals surface area contributed by atoms with E-state index >= 15 is 0 Å². The van der Waals surface area contributed by atoms with E-state index < -0.39 is 0 Å². The van der Waals surface area contributed by atoms with Crippen molar-refractivity contribution < 1.29 is 4.79 Å². The first-order chi connectivity index (χ1) is 11.6. The van der Waals surface area contributed by atoms with Gasteiger partial charge in [-0.05, 0) is 37.4 Å². The molecule has 3 rings (SSSR count). The molecule has 0 bridgehead atoms. The van der Waals surface area contributed by atoms with Gasteiger partial charge in [0.2, 0.25) is 5.91 Å².